The summed E-state index contributed by atoms with van der Waals surface area (Å²) in [6.07, 6.45) is 1.66. The molecule has 0 fully saturated rings. The Morgan fingerprint density at radius 3 is 2.48 bits per heavy atom. The van der Waals surface area contributed by atoms with Crippen molar-refractivity contribution in [3.05, 3.63) is 47.9 Å². The fraction of sp³-hybridized carbons (Fsp3) is 0.158. The van der Waals surface area contributed by atoms with Crippen LogP contribution in [0.3, 0.4) is 0 Å². The molecule has 0 unspecified atom stereocenters. The maximum Gasteiger partial charge on any atom is 0.213 e. The van der Waals surface area contributed by atoms with E-state index >= 15 is 0 Å². The number of fused-ring (bicyclic) bond motifs is 1. The topological polar surface area (TPSA) is 85.3 Å². The quantitative estimate of drug-likeness (QED) is 0.539. The summed E-state index contributed by atoms with van der Waals surface area (Å²) in [5, 5.41) is 14.4. The van der Waals surface area contributed by atoms with Crippen LogP contribution in [0.4, 0.5) is 0 Å². The number of ether oxygens (including phenoxy) is 2. The minimum Gasteiger partial charge on any atom is -0.493 e. The van der Waals surface area contributed by atoms with E-state index in [0.717, 1.165) is 32.5 Å². The average molecular weight is 377 g/mol. The van der Waals surface area contributed by atoms with Crippen molar-refractivity contribution in [2.75, 3.05) is 14.2 Å². The molecule has 0 saturated heterocycles. The second-order valence-electron chi connectivity index (χ2n) is 5.76. The third kappa shape index (κ3) is 2.88. The van der Waals surface area contributed by atoms with Crippen LogP contribution in [0.25, 0.3) is 26.8 Å². The Bertz CT molecular complexity index is 1170. The minimum absolute atomic E-state index is 0.381. The summed E-state index contributed by atoms with van der Waals surface area (Å²) in [5.74, 6) is 1.33. The number of hydrogen-bond acceptors (Lipinski definition) is 7. The van der Waals surface area contributed by atoms with Gasteiger partial charge in [-0.05, 0) is 37.3 Å². The Kier molecular flexibility index (Phi) is 4.22. The summed E-state index contributed by atoms with van der Waals surface area (Å²) in [5.41, 5.74) is 3.90. The summed E-state index contributed by atoms with van der Waals surface area (Å²) in [6, 6.07) is 11.3. The molecule has 7 nitrogen and oxygen atoms in total. The van der Waals surface area contributed by atoms with Gasteiger partial charge in [-0.2, -0.15) is 10.4 Å². The minimum atomic E-state index is 0.381. The van der Waals surface area contributed by atoms with Gasteiger partial charge in [-0.1, -0.05) is 11.3 Å². The smallest absolute Gasteiger partial charge is 0.213 e. The Hall–Kier alpha value is -3.44. The lowest BCUT2D eigenvalue weighted by atomic mass is 10.2. The molecule has 0 aliphatic rings. The van der Waals surface area contributed by atoms with E-state index in [2.05, 4.69) is 4.98 Å². The van der Waals surface area contributed by atoms with E-state index in [1.807, 2.05) is 41.8 Å². The molecule has 0 N–H and O–H groups in total. The average Bonchev–Trinajstić information content (AvgIpc) is 3.27. The van der Waals surface area contributed by atoms with Gasteiger partial charge in [0.05, 0.1) is 25.6 Å². The van der Waals surface area contributed by atoms with Gasteiger partial charge in [-0.3, -0.25) is 0 Å². The summed E-state index contributed by atoms with van der Waals surface area (Å²) in [6.45, 7) is 1.96. The summed E-state index contributed by atoms with van der Waals surface area (Å²) in [4.78, 5) is 9.61. The molecular formula is C19H15N5O2S. The second-order valence-corrected chi connectivity index (χ2v) is 6.72. The fourth-order valence-electron chi connectivity index (χ4n) is 2.81. The SMILES string of the molecule is COc1ccc(-c2nn3c(C)c(-c4ccc(C#N)nc4)nc3s2)cc1OC. The lowest BCUT2D eigenvalue weighted by Crippen LogP contribution is -1.92. The fourth-order valence-corrected chi connectivity index (χ4v) is 3.75. The van der Waals surface area contributed by atoms with Crippen LogP contribution in [0.2, 0.25) is 0 Å². The highest BCUT2D eigenvalue weighted by Gasteiger charge is 2.17. The van der Waals surface area contributed by atoms with E-state index in [-0.39, 0.29) is 0 Å². The van der Waals surface area contributed by atoms with Crippen LogP contribution < -0.4 is 9.47 Å². The molecule has 1 aromatic carbocycles. The van der Waals surface area contributed by atoms with Crippen molar-refractivity contribution in [2.45, 2.75) is 6.92 Å². The van der Waals surface area contributed by atoms with Gasteiger partial charge in [0.25, 0.3) is 0 Å². The first-order valence-electron chi connectivity index (χ1n) is 8.09. The Morgan fingerprint density at radius 1 is 1.07 bits per heavy atom. The molecule has 0 aliphatic heterocycles. The van der Waals surface area contributed by atoms with Gasteiger partial charge in [0.2, 0.25) is 4.96 Å². The number of nitrogens with zero attached hydrogens (tertiary/aromatic N) is 5. The largest absolute Gasteiger partial charge is 0.493 e. The van der Waals surface area contributed by atoms with Crippen LogP contribution in [0, 0.1) is 18.3 Å². The second kappa shape index (κ2) is 6.70. The molecule has 4 aromatic rings. The van der Waals surface area contributed by atoms with E-state index in [1.54, 1.807) is 26.5 Å². The van der Waals surface area contributed by atoms with E-state index in [4.69, 9.17) is 24.8 Å². The predicted octanol–water partition coefficient (Wildman–Crippen LogP) is 3.72. The number of methoxy groups -OCH3 is 2. The molecule has 134 valence electrons. The molecule has 0 atom stereocenters. The number of benzene rings is 1. The number of hydrogen-bond donors (Lipinski definition) is 0. The highest BCUT2D eigenvalue weighted by molar-refractivity contribution is 7.19. The Labute approximate surface area is 159 Å². The van der Waals surface area contributed by atoms with Crippen LogP contribution in [0.1, 0.15) is 11.4 Å². The maximum atomic E-state index is 8.89. The van der Waals surface area contributed by atoms with Crippen LogP contribution in [0.5, 0.6) is 11.5 Å². The first kappa shape index (κ1) is 17.0. The molecule has 3 heterocycles. The monoisotopic (exact) mass is 377 g/mol. The lowest BCUT2D eigenvalue weighted by Gasteiger charge is -2.07. The number of nitriles is 1. The third-order valence-electron chi connectivity index (χ3n) is 4.21. The van der Waals surface area contributed by atoms with E-state index in [0.29, 0.717) is 17.2 Å². The standard InChI is InChI=1S/C19H15N5O2S/c1-11-17(13-4-6-14(9-20)21-10-13)22-19-24(11)23-18(27-19)12-5-7-15(25-2)16(8-12)26-3/h4-8,10H,1-3H3. The van der Waals surface area contributed by atoms with Gasteiger partial charge in [0, 0.05) is 17.3 Å². The van der Waals surface area contributed by atoms with Crippen LogP contribution in [-0.4, -0.2) is 33.8 Å². The van der Waals surface area contributed by atoms with Crippen LogP contribution >= 0.6 is 11.3 Å². The Balaban J connectivity index is 1.75. The van der Waals surface area contributed by atoms with Crippen molar-refractivity contribution in [3.63, 3.8) is 0 Å². The number of aromatic nitrogens is 4. The molecule has 4 rings (SSSR count). The van der Waals surface area contributed by atoms with Gasteiger partial charge in [-0.25, -0.2) is 14.5 Å². The predicted molar refractivity (Wildman–Crippen MR) is 102 cm³/mol. The van der Waals surface area contributed by atoms with Crippen molar-refractivity contribution < 1.29 is 9.47 Å². The first-order chi connectivity index (χ1) is 13.1. The van der Waals surface area contributed by atoms with Crippen molar-refractivity contribution >= 4 is 16.3 Å². The number of rotatable bonds is 4. The molecule has 8 heteroatoms. The molecule has 0 amide bonds. The lowest BCUT2D eigenvalue weighted by molar-refractivity contribution is 0.355. The number of imidazole rings is 1. The van der Waals surface area contributed by atoms with Crippen molar-refractivity contribution in [1.82, 2.24) is 19.6 Å². The summed E-state index contributed by atoms with van der Waals surface area (Å²) >= 11 is 1.49. The highest BCUT2D eigenvalue weighted by Crippen LogP contribution is 2.35. The zero-order chi connectivity index (χ0) is 19.0. The molecule has 0 aliphatic carbocycles. The summed E-state index contributed by atoms with van der Waals surface area (Å²) < 4.78 is 12.5. The van der Waals surface area contributed by atoms with Crippen molar-refractivity contribution in [2.24, 2.45) is 0 Å². The van der Waals surface area contributed by atoms with Gasteiger partial charge < -0.3 is 9.47 Å². The maximum absolute atomic E-state index is 8.89. The normalized spacial score (nSPS) is 10.7. The molecule has 0 radical (unpaired) electrons. The van der Waals surface area contributed by atoms with Crippen LogP contribution in [-0.2, 0) is 0 Å². The highest BCUT2D eigenvalue weighted by atomic mass is 32.1. The van der Waals surface area contributed by atoms with E-state index < -0.39 is 0 Å². The van der Waals surface area contributed by atoms with Crippen molar-refractivity contribution in [1.29, 1.82) is 5.26 Å². The van der Waals surface area contributed by atoms with Gasteiger partial charge in [0.1, 0.15) is 16.8 Å². The molecule has 27 heavy (non-hydrogen) atoms. The van der Waals surface area contributed by atoms with Gasteiger partial charge in [0.15, 0.2) is 11.5 Å². The molecular weight excluding hydrogens is 362 g/mol. The number of aryl methyl sites for hydroxylation is 1. The van der Waals surface area contributed by atoms with Crippen molar-refractivity contribution in [3.8, 4) is 39.4 Å². The molecule has 0 saturated carbocycles. The van der Waals surface area contributed by atoms with E-state index in [9.17, 15) is 0 Å². The van der Waals surface area contributed by atoms with Gasteiger partial charge >= 0.3 is 0 Å². The zero-order valence-corrected chi connectivity index (χ0v) is 15.7. The van der Waals surface area contributed by atoms with Gasteiger partial charge in [-0.15, -0.1) is 0 Å². The van der Waals surface area contributed by atoms with E-state index in [1.165, 1.54) is 11.3 Å². The van der Waals surface area contributed by atoms with Crippen LogP contribution in [0.15, 0.2) is 36.5 Å². The third-order valence-corrected chi connectivity index (χ3v) is 5.17. The summed E-state index contributed by atoms with van der Waals surface area (Å²) in [7, 11) is 3.22. The molecule has 0 spiro atoms. The first-order valence-corrected chi connectivity index (χ1v) is 8.91. The number of pyridine rings is 1. The molecule has 3 aromatic heterocycles. The molecule has 0 bridgehead atoms. The Morgan fingerprint density at radius 2 is 1.85 bits per heavy atom. The zero-order valence-electron chi connectivity index (χ0n) is 14.9.